The third-order valence-corrected chi connectivity index (χ3v) is 6.71. The summed E-state index contributed by atoms with van der Waals surface area (Å²) in [5.41, 5.74) is 1.34. The maximum absolute atomic E-state index is 13.3. The number of hydrogen-bond donors (Lipinski definition) is 1. The van der Waals surface area contributed by atoms with Crippen LogP contribution in [0.15, 0.2) is 65.8 Å². The van der Waals surface area contributed by atoms with Crippen LogP contribution in [0, 0.1) is 0 Å². The Labute approximate surface area is 188 Å². The SMILES string of the molecule is COc1ccc(C(=O)Nc2cnn(C(C)(C)C)c2)cc1S(=O)(=O)N(C)Cc1ccccc1. The monoisotopic (exact) mass is 456 g/mol. The van der Waals surface area contributed by atoms with Gasteiger partial charge in [-0.2, -0.15) is 9.40 Å². The molecule has 0 aliphatic heterocycles. The largest absolute Gasteiger partial charge is 0.495 e. The smallest absolute Gasteiger partial charge is 0.255 e. The summed E-state index contributed by atoms with van der Waals surface area (Å²) in [6.45, 7) is 6.18. The molecule has 9 heteroatoms. The Kier molecular flexibility index (Phi) is 6.71. The first-order valence-corrected chi connectivity index (χ1v) is 11.5. The maximum atomic E-state index is 13.3. The van der Waals surface area contributed by atoms with Gasteiger partial charge in [0.15, 0.2) is 0 Å². The standard InChI is InChI=1S/C23H28N4O4S/c1-23(2,3)27-16-19(14-24-27)25-22(28)18-11-12-20(31-5)21(13-18)32(29,30)26(4)15-17-9-7-6-8-10-17/h6-14,16H,15H2,1-5H3,(H,25,28). The summed E-state index contributed by atoms with van der Waals surface area (Å²) in [6, 6.07) is 13.6. The second-order valence-electron chi connectivity index (χ2n) is 8.41. The fraction of sp³-hybridized carbons (Fsp3) is 0.304. The minimum Gasteiger partial charge on any atom is -0.495 e. The van der Waals surface area contributed by atoms with Crippen molar-refractivity contribution in [3.05, 3.63) is 72.1 Å². The number of rotatable bonds is 7. The van der Waals surface area contributed by atoms with Crippen LogP contribution in [0.25, 0.3) is 0 Å². The van der Waals surface area contributed by atoms with E-state index < -0.39 is 15.9 Å². The molecule has 0 atom stereocenters. The molecule has 170 valence electrons. The molecule has 1 amide bonds. The molecular formula is C23H28N4O4S. The molecule has 8 nitrogen and oxygen atoms in total. The van der Waals surface area contributed by atoms with Crippen molar-refractivity contribution in [3.63, 3.8) is 0 Å². The molecule has 1 aromatic heterocycles. The highest BCUT2D eigenvalue weighted by molar-refractivity contribution is 7.89. The average Bonchev–Trinajstić information content (AvgIpc) is 3.23. The zero-order valence-corrected chi connectivity index (χ0v) is 19.7. The molecule has 0 aliphatic carbocycles. The summed E-state index contributed by atoms with van der Waals surface area (Å²) in [7, 11) is -1.02. The first-order valence-electron chi connectivity index (χ1n) is 10.1. The van der Waals surface area contributed by atoms with Gasteiger partial charge < -0.3 is 10.1 Å². The van der Waals surface area contributed by atoms with E-state index in [9.17, 15) is 13.2 Å². The molecule has 2 aromatic carbocycles. The summed E-state index contributed by atoms with van der Waals surface area (Å²) >= 11 is 0. The lowest BCUT2D eigenvalue weighted by atomic mass is 10.1. The van der Waals surface area contributed by atoms with E-state index in [2.05, 4.69) is 10.4 Å². The molecule has 0 saturated heterocycles. The van der Waals surface area contributed by atoms with Crippen LogP contribution in [-0.2, 0) is 22.1 Å². The number of carbonyl (C=O) groups is 1. The van der Waals surface area contributed by atoms with Gasteiger partial charge in [0.1, 0.15) is 10.6 Å². The van der Waals surface area contributed by atoms with Gasteiger partial charge in [0.2, 0.25) is 10.0 Å². The van der Waals surface area contributed by atoms with Crippen LogP contribution in [0.5, 0.6) is 5.75 Å². The molecule has 3 rings (SSSR count). The van der Waals surface area contributed by atoms with E-state index in [1.165, 1.54) is 36.7 Å². The van der Waals surface area contributed by atoms with Gasteiger partial charge in [0.05, 0.1) is 24.5 Å². The van der Waals surface area contributed by atoms with Crippen molar-refractivity contribution in [3.8, 4) is 5.75 Å². The number of aromatic nitrogens is 2. The van der Waals surface area contributed by atoms with E-state index in [1.807, 2.05) is 51.1 Å². The highest BCUT2D eigenvalue weighted by atomic mass is 32.2. The van der Waals surface area contributed by atoms with Gasteiger partial charge in [-0.25, -0.2) is 8.42 Å². The fourth-order valence-corrected chi connectivity index (χ4v) is 4.41. The van der Waals surface area contributed by atoms with E-state index >= 15 is 0 Å². The number of nitrogens with one attached hydrogen (secondary N) is 1. The van der Waals surface area contributed by atoms with Crippen molar-refractivity contribution in [2.45, 2.75) is 37.8 Å². The molecule has 0 radical (unpaired) electrons. The van der Waals surface area contributed by atoms with Crippen LogP contribution < -0.4 is 10.1 Å². The number of methoxy groups -OCH3 is 1. The number of anilines is 1. The molecule has 0 bridgehead atoms. The summed E-state index contributed by atoms with van der Waals surface area (Å²) in [4.78, 5) is 12.7. The maximum Gasteiger partial charge on any atom is 0.255 e. The first-order chi connectivity index (χ1) is 15.0. The third kappa shape index (κ3) is 5.17. The molecule has 0 fully saturated rings. The number of sulfonamides is 1. The Morgan fingerprint density at radius 2 is 1.84 bits per heavy atom. The third-order valence-electron chi connectivity index (χ3n) is 4.89. The fourth-order valence-electron chi connectivity index (χ4n) is 3.07. The highest BCUT2D eigenvalue weighted by Crippen LogP contribution is 2.28. The topological polar surface area (TPSA) is 93.5 Å². The van der Waals surface area contributed by atoms with Crippen LogP contribution in [0.3, 0.4) is 0 Å². The van der Waals surface area contributed by atoms with Gasteiger partial charge in [0, 0.05) is 25.4 Å². The van der Waals surface area contributed by atoms with E-state index in [-0.39, 0.29) is 28.3 Å². The number of ether oxygens (including phenoxy) is 1. The average molecular weight is 457 g/mol. The van der Waals surface area contributed by atoms with Gasteiger partial charge in [-0.1, -0.05) is 30.3 Å². The van der Waals surface area contributed by atoms with E-state index in [0.29, 0.717) is 5.69 Å². The van der Waals surface area contributed by atoms with E-state index in [0.717, 1.165) is 5.56 Å². The Hall–Kier alpha value is -3.17. The number of hydrogen-bond acceptors (Lipinski definition) is 5. The van der Waals surface area contributed by atoms with Gasteiger partial charge in [-0.05, 0) is 44.5 Å². The predicted molar refractivity (Wildman–Crippen MR) is 123 cm³/mol. The zero-order valence-electron chi connectivity index (χ0n) is 18.9. The Morgan fingerprint density at radius 3 is 2.44 bits per heavy atom. The summed E-state index contributed by atoms with van der Waals surface area (Å²) in [5.74, 6) is -0.273. The normalized spacial score (nSPS) is 12.1. The molecular weight excluding hydrogens is 428 g/mol. The van der Waals surface area contributed by atoms with Gasteiger partial charge in [-0.3, -0.25) is 9.48 Å². The number of benzene rings is 2. The lowest BCUT2D eigenvalue weighted by Crippen LogP contribution is -2.27. The summed E-state index contributed by atoms with van der Waals surface area (Å²) in [5, 5.41) is 7.03. The van der Waals surface area contributed by atoms with Crippen LogP contribution in [0.2, 0.25) is 0 Å². The van der Waals surface area contributed by atoms with Crippen LogP contribution in [0.4, 0.5) is 5.69 Å². The van der Waals surface area contributed by atoms with Gasteiger partial charge in [0.25, 0.3) is 5.91 Å². The highest BCUT2D eigenvalue weighted by Gasteiger charge is 2.26. The number of nitrogens with zero attached hydrogens (tertiary/aromatic N) is 3. The Morgan fingerprint density at radius 1 is 1.16 bits per heavy atom. The quantitative estimate of drug-likeness (QED) is 0.585. The van der Waals surface area contributed by atoms with Crippen molar-refractivity contribution < 1.29 is 17.9 Å². The second-order valence-corrected chi connectivity index (χ2v) is 10.4. The molecule has 1 heterocycles. The van der Waals surface area contributed by atoms with Crippen molar-refractivity contribution >= 4 is 21.6 Å². The van der Waals surface area contributed by atoms with Crippen molar-refractivity contribution in [1.29, 1.82) is 0 Å². The Balaban J connectivity index is 1.87. The van der Waals surface area contributed by atoms with Crippen LogP contribution in [0.1, 0.15) is 36.7 Å². The second kappa shape index (κ2) is 9.13. The first kappa shape index (κ1) is 23.5. The molecule has 1 N–H and O–H groups in total. The molecule has 0 unspecified atom stereocenters. The van der Waals surface area contributed by atoms with Crippen molar-refractivity contribution in [2.75, 3.05) is 19.5 Å². The molecule has 0 aliphatic rings. The lowest BCUT2D eigenvalue weighted by Gasteiger charge is -2.19. The molecule has 0 saturated carbocycles. The van der Waals surface area contributed by atoms with Crippen molar-refractivity contribution in [1.82, 2.24) is 14.1 Å². The summed E-state index contributed by atoms with van der Waals surface area (Å²) < 4.78 is 34.8. The van der Waals surface area contributed by atoms with Crippen LogP contribution in [-0.4, -0.2) is 42.6 Å². The Bertz CT molecular complexity index is 1200. The van der Waals surface area contributed by atoms with Crippen LogP contribution >= 0.6 is 0 Å². The molecule has 3 aromatic rings. The van der Waals surface area contributed by atoms with Crippen molar-refractivity contribution in [2.24, 2.45) is 0 Å². The number of amides is 1. The number of carbonyl (C=O) groups excluding carboxylic acids is 1. The predicted octanol–water partition coefficient (Wildman–Crippen LogP) is 3.72. The molecule has 32 heavy (non-hydrogen) atoms. The zero-order chi connectivity index (χ0) is 23.5. The molecule has 0 spiro atoms. The minimum atomic E-state index is -3.91. The van der Waals surface area contributed by atoms with Gasteiger partial charge >= 0.3 is 0 Å². The lowest BCUT2D eigenvalue weighted by molar-refractivity contribution is 0.102. The summed E-state index contributed by atoms with van der Waals surface area (Å²) in [6.07, 6.45) is 3.28. The van der Waals surface area contributed by atoms with E-state index in [1.54, 1.807) is 17.1 Å². The minimum absolute atomic E-state index is 0.0727. The van der Waals surface area contributed by atoms with E-state index in [4.69, 9.17) is 4.74 Å². The van der Waals surface area contributed by atoms with Gasteiger partial charge in [-0.15, -0.1) is 0 Å².